The van der Waals surface area contributed by atoms with Crippen LogP contribution in [0, 0.1) is 0 Å². The zero-order valence-corrected chi connectivity index (χ0v) is 20.1. The molecule has 5 rings (SSSR count). The number of aromatic amines is 1. The molecule has 1 unspecified atom stereocenters. The van der Waals surface area contributed by atoms with Gasteiger partial charge in [0.1, 0.15) is 18.1 Å². The van der Waals surface area contributed by atoms with Crippen LogP contribution in [-0.4, -0.2) is 33.5 Å². The van der Waals surface area contributed by atoms with Crippen LogP contribution < -0.4 is 15.8 Å². The summed E-state index contributed by atoms with van der Waals surface area (Å²) in [6, 6.07) is 11.3. The Morgan fingerprint density at radius 3 is 2.91 bits per heavy atom. The van der Waals surface area contributed by atoms with Gasteiger partial charge in [0.15, 0.2) is 0 Å². The molecule has 0 spiro atoms. The number of ether oxygens (including phenoxy) is 1. The first-order valence-corrected chi connectivity index (χ1v) is 12.8. The number of halogens is 1. The summed E-state index contributed by atoms with van der Waals surface area (Å²) in [5.74, 6) is 0.436. The Balaban J connectivity index is 1.31. The van der Waals surface area contributed by atoms with Gasteiger partial charge in [-0.15, -0.1) is 0 Å². The summed E-state index contributed by atoms with van der Waals surface area (Å²) >= 11 is 3.09. The SMILES string of the molecule is O=c1[nH]c(=O)n([C@H]2C[C@H](O)[C@@H](COP3(=O)OCc4ccc5ccccc5c4O3)O2)cc1/C=C/Br. The van der Waals surface area contributed by atoms with E-state index in [0.29, 0.717) is 5.75 Å². The minimum Gasteiger partial charge on any atom is -0.403 e. The lowest BCUT2D eigenvalue weighted by molar-refractivity contribution is -0.0468. The van der Waals surface area contributed by atoms with Crippen molar-refractivity contribution in [3.05, 3.63) is 79.5 Å². The fourth-order valence-corrected chi connectivity index (χ4v) is 5.49. The van der Waals surface area contributed by atoms with Crippen molar-refractivity contribution in [2.45, 2.75) is 31.5 Å². The molecule has 0 aliphatic carbocycles. The van der Waals surface area contributed by atoms with E-state index in [-0.39, 0.29) is 25.2 Å². The Hall–Kier alpha value is -2.53. The van der Waals surface area contributed by atoms with Crippen molar-refractivity contribution in [3.8, 4) is 5.75 Å². The number of aromatic nitrogens is 2. The van der Waals surface area contributed by atoms with Gasteiger partial charge in [0.2, 0.25) is 0 Å². The number of H-pyrrole nitrogens is 1. The topological polar surface area (TPSA) is 129 Å². The smallest absolute Gasteiger partial charge is 0.403 e. The first-order chi connectivity index (χ1) is 16.4. The monoisotopic (exact) mass is 550 g/mol. The number of nitrogens with one attached hydrogen (secondary N) is 1. The average molecular weight is 551 g/mol. The Morgan fingerprint density at radius 2 is 2.09 bits per heavy atom. The van der Waals surface area contributed by atoms with E-state index in [1.807, 2.05) is 36.4 Å². The second kappa shape index (κ2) is 9.26. The molecule has 34 heavy (non-hydrogen) atoms. The Bertz CT molecular complexity index is 1430. The molecule has 0 bridgehead atoms. The van der Waals surface area contributed by atoms with Crippen molar-refractivity contribution in [2.75, 3.05) is 6.61 Å². The third-order valence-electron chi connectivity index (χ3n) is 5.69. The van der Waals surface area contributed by atoms with Gasteiger partial charge >= 0.3 is 13.5 Å². The van der Waals surface area contributed by atoms with Gasteiger partial charge in [0, 0.05) is 23.6 Å². The van der Waals surface area contributed by atoms with Crippen LogP contribution >= 0.6 is 23.8 Å². The van der Waals surface area contributed by atoms with Gasteiger partial charge in [-0.1, -0.05) is 52.3 Å². The molecular weight excluding hydrogens is 531 g/mol. The van der Waals surface area contributed by atoms with Crippen LogP contribution in [0.3, 0.4) is 0 Å². The molecule has 1 fully saturated rings. The van der Waals surface area contributed by atoms with Crippen molar-refractivity contribution in [2.24, 2.45) is 0 Å². The van der Waals surface area contributed by atoms with E-state index >= 15 is 0 Å². The number of hydrogen-bond acceptors (Lipinski definition) is 8. The molecule has 12 heteroatoms. The van der Waals surface area contributed by atoms with Gasteiger partial charge < -0.3 is 14.4 Å². The van der Waals surface area contributed by atoms with Crippen LogP contribution in [0.5, 0.6) is 5.75 Å². The highest BCUT2D eigenvalue weighted by Gasteiger charge is 2.40. The van der Waals surface area contributed by atoms with E-state index in [1.54, 1.807) is 0 Å². The van der Waals surface area contributed by atoms with Gasteiger partial charge in [-0.05, 0) is 16.4 Å². The summed E-state index contributed by atoms with van der Waals surface area (Å²) in [4.78, 5) is 27.9. The summed E-state index contributed by atoms with van der Waals surface area (Å²) in [7, 11) is -3.98. The van der Waals surface area contributed by atoms with Crippen molar-refractivity contribution < 1.29 is 28.0 Å². The molecule has 178 valence electrons. The van der Waals surface area contributed by atoms with Crippen molar-refractivity contribution >= 4 is 40.6 Å². The molecule has 1 saturated heterocycles. The second-order valence-corrected chi connectivity index (χ2v) is 9.98. The molecule has 2 aliphatic heterocycles. The van der Waals surface area contributed by atoms with E-state index in [1.165, 1.54) is 21.8 Å². The van der Waals surface area contributed by atoms with Crippen LogP contribution in [0.2, 0.25) is 0 Å². The lowest BCUT2D eigenvalue weighted by Crippen LogP contribution is -2.33. The molecule has 2 N–H and O–H groups in total. The molecule has 1 aromatic heterocycles. The lowest BCUT2D eigenvalue weighted by atomic mass is 10.1. The quantitative estimate of drug-likeness (QED) is 0.462. The Morgan fingerprint density at radius 1 is 1.26 bits per heavy atom. The van der Waals surface area contributed by atoms with Gasteiger partial charge in [-0.3, -0.25) is 23.4 Å². The fourth-order valence-electron chi connectivity index (χ4n) is 3.96. The maximum atomic E-state index is 13.2. The van der Waals surface area contributed by atoms with Crippen LogP contribution in [0.1, 0.15) is 23.8 Å². The number of fused-ring (bicyclic) bond motifs is 3. The van der Waals surface area contributed by atoms with E-state index in [9.17, 15) is 19.3 Å². The van der Waals surface area contributed by atoms with Crippen LogP contribution in [0.15, 0.2) is 57.2 Å². The minimum absolute atomic E-state index is 0.0464. The predicted octanol–water partition coefficient (Wildman–Crippen LogP) is 3.44. The summed E-state index contributed by atoms with van der Waals surface area (Å²) in [5, 5.41) is 12.2. The molecule has 2 aromatic carbocycles. The van der Waals surface area contributed by atoms with Crippen molar-refractivity contribution in [1.82, 2.24) is 9.55 Å². The number of phosphoric ester groups is 1. The highest BCUT2D eigenvalue weighted by atomic mass is 79.9. The average Bonchev–Trinajstić information content (AvgIpc) is 3.19. The Kier molecular flexibility index (Phi) is 6.32. The molecule has 0 radical (unpaired) electrons. The largest absolute Gasteiger partial charge is 0.530 e. The van der Waals surface area contributed by atoms with Crippen LogP contribution in [0.25, 0.3) is 16.8 Å². The van der Waals surface area contributed by atoms with Gasteiger partial charge in [-0.25, -0.2) is 9.36 Å². The van der Waals surface area contributed by atoms with Crippen molar-refractivity contribution in [3.63, 3.8) is 0 Å². The van der Waals surface area contributed by atoms with Gasteiger partial charge in [0.05, 0.1) is 24.9 Å². The molecule has 3 aromatic rings. The zero-order chi connectivity index (χ0) is 23.9. The molecule has 2 aliphatic rings. The van der Waals surface area contributed by atoms with E-state index in [0.717, 1.165) is 16.3 Å². The maximum absolute atomic E-state index is 13.2. The van der Waals surface area contributed by atoms with E-state index in [2.05, 4.69) is 20.9 Å². The van der Waals surface area contributed by atoms with Crippen molar-refractivity contribution in [1.29, 1.82) is 0 Å². The number of aliphatic hydroxyl groups excluding tert-OH is 1. The summed E-state index contributed by atoms with van der Waals surface area (Å²) in [6.07, 6.45) is 0.128. The number of hydrogen-bond donors (Lipinski definition) is 2. The molecule has 10 nitrogen and oxygen atoms in total. The molecule has 0 saturated carbocycles. The standard InChI is InChI=1S/C22H20BrN2O8P/c23-8-7-14-10-25(22(28)24-21(14)27)19-9-17(26)18(32-19)12-31-34(29)30-11-15-6-5-13-3-1-2-4-16(13)20(15)33-34/h1-8,10,17-19,26H,9,11-12H2,(H,24,27,28)/b8-7+/t17-,18+,19+,34?/m0/s1. The van der Waals surface area contributed by atoms with Gasteiger partial charge in [-0.2, -0.15) is 0 Å². The molecule has 3 heterocycles. The molecule has 4 atom stereocenters. The number of rotatable bonds is 5. The number of nitrogens with zero attached hydrogens (tertiary/aromatic N) is 1. The Labute approximate surface area is 201 Å². The highest BCUT2D eigenvalue weighted by molar-refractivity contribution is 9.11. The maximum Gasteiger partial charge on any atom is 0.530 e. The third kappa shape index (κ3) is 4.43. The zero-order valence-electron chi connectivity index (χ0n) is 17.6. The fraction of sp³-hybridized carbons (Fsp3) is 0.273. The van der Waals surface area contributed by atoms with E-state index in [4.69, 9.17) is 18.3 Å². The number of aliphatic hydroxyl groups is 1. The second-order valence-electron chi connectivity index (χ2n) is 7.86. The summed E-state index contributed by atoms with van der Waals surface area (Å²) in [6.45, 7) is -0.244. The first kappa shape index (κ1) is 23.2. The third-order valence-corrected chi connectivity index (χ3v) is 7.27. The lowest BCUT2D eigenvalue weighted by Gasteiger charge is -2.27. The molecule has 0 amide bonds. The number of phosphoric acid groups is 1. The molecular formula is C22H20BrN2O8P. The van der Waals surface area contributed by atoms with Gasteiger partial charge in [0.25, 0.3) is 5.56 Å². The minimum atomic E-state index is -3.98. The van der Waals surface area contributed by atoms with E-state index < -0.39 is 37.5 Å². The predicted molar refractivity (Wildman–Crippen MR) is 127 cm³/mol. The first-order valence-electron chi connectivity index (χ1n) is 10.4. The van der Waals surface area contributed by atoms with Crippen LogP contribution in [0.4, 0.5) is 0 Å². The summed E-state index contributed by atoms with van der Waals surface area (Å²) in [5.41, 5.74) is -0.246. The summed E-state index contributed by atoms with van der Waals surface area (Å²) < 4.78 is 36.7. The highest BCUT2D eigenvalue weighted by Crippen LogP contribution is 2.56. The van der Waals surface area contributed by atoms with Crippen LogP contribution in [-0.2, 0) is 25.0 Å². The number of benzene rings is 2. The normalized spacial score (nSPS) is 26.6.